The highest BCUT2D eigenvalue weighted by Gasteiger charge is 2.16. The molecule has 0 aliphatic carbocycles. The van der Waals surface area contributed by atoms with E-state index < -0.39 is 0 Å². The third kappa shape index (κ3) is 3.24. The number of oxazole rings is 1. The first-order valence-electron chi connectivity index (χ1n) is 5.58. The van der Waals surface area contributed by atoms with Crippen molar-refractivity contribution in [3.05, 3.63) is 17.8 Å². The molecule has 1 fully saturated rings. The van der Waals surface area contributed by atoms with E-state index in [1.165, 1.54) is 25.0 Å². The van der Waals surface area contributed by atoms with Crippen molar-refractivity contribution in [2.45, 2.75) is 37.5 Å². The Bertz CT molecular complexity index is 295. The second-order valence-electron chi connectivity index (χ2n) is 3.96. The molecule has 1 aliphatic heterocycles. The van der Waals surface area contributed by atoms with Gasteiger partial charge in [-0.2, -0.15) is 11.8 Å². The van der Waals surface area contributed by atoms with E-state index >= 15 is 0 Å². The molecular formula is C11H18N2OS. The molecule has 0 amide bonds. The monoisotopic (exact) mass is 226 g/mol. The summed E-state index contributed by atoms with van der Waals surface area (Å²) in [7, 11) is 1.92. The molecule has 0 saturated carbocycles. The molecule has 1 saturated heterocycles. The Balaban J connectivity index is 1.86. The Morgan fingerprint density at radius 2 is 2.53 bits per heavy atom. The number of nitrogens with zero attached hydrogens (tertiary/aromatic N) is 1. The Hall–Kier alpha value is -0.480. The fourth-order valence-electron chi connectivity index (χ4n) is 1.87. The fourth-order valence-corrected chi connectivity index (χ4v) is 3.17. The zero-order valence-corrected chi connectivity index (χ0v) is 9.98. The number of nitrogens with one attached hydrogen (secondary N) is 1. The van der Waals surface area contributed by atoms with Crippen LogP contribution in [0.1, 0.15) is 30.8 Å². The van der Waals surface area contributed by atoms with Crippen molar-refractivity contribution < 1.29 is 4.42 Å². The van der Waals surface area contributed by atoms with Gasteiger partial charge in [0.25, 0.3) is 0 Å². The largest absolute Gasteiger partial charge is 0.449 e. The van der Waals surface area contributed by atoms with Crippen LogP contribution in [0.25, 0.3) is 0 Å². The minimum Gasteiger partial charge on any atom is -0.449 e. The molecular weight excluding hydrogens is 208 g/mol. The van der Waals surface area contributed by atoms with Crippen molar-refractivity contribution in [2.75, 3.05) is 12.8 Å². The smallest absolute Gasteiger partial charge is 0.195 e. The standard InChI is InChI=1S/C11H18N2OS/c1-12-7-9-8-14-11(13-9)6-10-4-2-3-5-15-10/h8,10,12H,2-7H2,1H3. The quantitative estimate of drug-likeness (QED) is 0.854. The summed E-state index contributed by atoms with van der Waals surface area (Å²) in [5.41, 5.74) is 1.01. The molecule has 1 atom stereocenters. The van der Waals surface area contributed by atoms with Crippen LogP contribution >= 0.6 is 11.8 Å². The van der Waals surface area contributed by atoms with Gasteiger partial charge in [-0.3, -0.25) is 0 Å². The van der Waals surface area contributed by atoms with Crippen molar-refractivity contribution in [1.82, 2.24) is 10.3 Å². The molecule has 0 radical (unpaired) electrons. The number of aromatic nitrogens is 1. The van der Waals surface area contributed by atoms with Crippen LogP contribution in [-0.4, -0.2) is 23.0 Å². The predicted molar refractivity (Wildman–Crippen MR) is 63.1 cm³/mol. The normalized spacial score (nSPS) is 21.8. The topological polar surface area (TPSA) is 38.1 Å². The molecule has 2 rings (SSSR count). The minimum absolute atomic E-state index is 0.722. The van der Waals surface area contributed by atoms with Crippen LogP contribution in [0.15, 0.2) is 10.7 Å². The maximum atomic E-state index is 5.46. The van der Waals surface area contributed by atoms with E-state index in [4.69, 9.17) is 4.42 Å². The minimum atomic E-state index is 0.722. The molecule has 0 spiro atoms. The van der Waals surface area contributed by atoms with Crippen LogP contribution in [0.4, 0.5) is 0 Å². The van der Waals surface area contributed by atoms with E-state index in [0.29, 0.717) is 0 Å². The third-order valence-corrected chi connectivity index (χ3v) is 4.03. The van der Waals surface area contributed by atoms with Crippen molar-refractivity contribution in [3.8, 4) is 0 Å². The molecule has 4 heteroatoms. The van der Waals surface area contributed by atoms with E-state index in [0.717, 1.165) is 29.8 Å². The summed E-state index contributed by atoms with van der Waals surface area (Å²) >= 11 is 2.07. The number of hydrogen-bond donors (Lipinski definition) is 1. The lowest BCUT2D eigenvalue weighted by Gasteiger charge is -2.19. The van der Waals surface area contributed by atoms with Gasteiger partial charge in [0.2, 0.25) is 0 Å². The van der Waals surface area contributed by atoms with Crippen LogP contribution in [0.3, 0.4) is 0 Å². The predicted octanol–water partition coefficient (Wildman–Crippen LogP) is 2.22. The van der Waals surface area contributed by atoms with Crippen molar-refractivity contribution >= 4 is 11.8 Å². The molecule has 1 unspecified atom stereocenters. The van der Waals surface area contributed by atoms with Gasteiger partial charge in [-0.1, -0.05) is 6.42 Å². The lowest BCUT2D eigenvalue weighted by atomic mass is 10.1. The van der Waals surface area contributed by atoms with Crippen molar-refractivity contribution in [1.29, 1.82) is 0 Å². The maximum absolute atomic E-state index is 5.46. The van der Waals surface area contributed by atoms with Gasteiger partial charge >= 0.3 is 0 Å². The molecule has 1 N–H and O–H groups in total. The number of thioether (sulfide) groups is 1. The average Bonchev–Trinajstić information content (AvgIpc) is 2.68. The van der Waals surface area contributed by atoms with E-state index in [2.05, 4.69) is 22.1 Å². The van der Waals surface area contributed by atoms with Gasteiger partial charge in [0, 0.05) is 18.2 Å². The van der Waals surface area contributed by atoms with Gasteiger partial charge in [0.05, 0.1) is 5.69 Å². The van der Waals surface area contributed by atoms with Crippen LogP contribution in [0.2, 0.25) is 0 Å². The van der Waals surface area contributed by atoms with Gasteiger partial charge in [0.15, 0.2) is 5.89 Å². The lowest BCUT2D eigenvalue weighted by molar-refractivity contribution is 0.481. The summed E-state index contributed by atoms with van der Waals surface area (Å²) in [5.74, 6) is 2.20. The molecule has 0 bridgehead atoms. The van der Waals surface area contributed by atoms with Crippen LogP contribution in [0, 0.1) is 0 Å². The number of rotatable bonds is 4. The van der Waals surface area contributed by atoms with E-state index in [1.54, 1.807) is 6.26 Å². The fraction of sp³-hybridized carbons (Fsp3) is 0.727. The second kappa shape index (κ2) is 5.56. The summed E-state index contributed by atoms with van der Waals surface area (Å²) in [5, 5.41) is 3.80. The molecule has 1 aromatic rings. The van der Waals surface area contributed by atoms with Crippen molar-refractivity contribution in [3.63, 3.8) is 0 Å². The van der Waals surface area contributed by atoms with E-state index in [-0.39, 0.29) is 0 Å². The second-order valence-corrected chi connectivity index (χ2v) is 5.36. The molecule has 0 aromatic carbocycles. The van der Waals surface area contributed by atoms with Crippen LogP contribution < -0.4 is 5.32 Å². The number of hydrogen-bond acceptors (Lipinski definition) is 4. The zero-order chi connectivity index (χ0) is 10.5. The van der Waals surface area contributed by atoms with Gasteiger partial charge < -0.3 is 9.73 Å². The Morgan fingerprint density at radius 3 is 3.27 bits per heavy atom. The summed E-state index contributed by atoms with van der Waals surface area (Å²) in [6, 6.07) is 0. The third-order valence-electron chi connectivity index (χ3n) is 2.63. The molecule has 1 aromatic heterocycles. The summed E-state index contributed by atoms with van der Waals surface area (Å²) in [6.45, 7) is 0.793. The molecule has 3 nitrogen and oxygen atoms in total. The first kappa shape index (κ1) is 11.0. The summed E-state index contributed by atoms with van der Waals surface area (Å²) < 4.78 is 5.46. The van der Waals surface area contributed by atoms with Crippen molar-refractivity contribution in [2.24, 2.45) is 0 Å². The van der Waals surface area contributed by atoms with Gasteiger partial charge in [-0.05, 0) is 25.6 Å². The molecule has 15 heavy (non-hydrogen) atoms. The van der Waals surface area contributed by atoms with Gasteiger partial charge in [-0.25, -0.2) is 4.98 Å². The van der Waals surface area contributed by atoms with Crippen LogP contribution in [0.5, 0.6) is 0 Å². The first-order valence-corrected chi connectivity index (χ1v) is 6.63. The van der Waals surface area contributed by atoms with Gasteiger partial charge in [-0.15, -0.1) is 0 Å². The summed E-state index contributed by atoms with van der Waals surface area (Å²) in [4.78, 5) is 4.45. The lowest BCUT2D eigenvalue weighted by Crippen LogP contribution is -2.12. The van der Waals surface area contributed by atoms with Gasteiger partial charge in [0.1, 0.15) is 6.26 Å². The zero-order valence-electron chi connectivity index (χ0n) is 9.16. The Kier molecular flexibility index (Phi) is 4.09. The van der Waals surface area contributed by atoms with Crippen LogP contribution in [-0.2, 0) is 13.0 Å². The van der Waals surface area contributed by atoms with E-state index in [1.807, 2.05) is 7.05 Å². The molecule has 2 heterocycles. The first-order chi connectivity index (χ1) is 7.38. The Labute approximate surface area is 95.0 Å². The highest BCUT2D eigenvalue weighted by Crippen LogP contribution is 2.27. The van der Waals surface area contributed by atoms with E-state index in [9.17, 15) is 0 Å². The Morgan fingerprint density at radius 1 is 1.60 bits per heavy atom. The average molecular weight is 226 g/mol. The molecule has 1 aliphatic rings. The highest BCUT2D eigenvalue weighted by atomic mass is 32.2. The maximum Gasteiger partial charge on any atom is 0.195 e. The molecule has 84 valence electrons. The SMILES string of the molecule is CNCc1coc(CC2CCCCS2)n1. The summed E-state index contributed by atoms with van der Waals surface area (Å²) in [6.07, 6.45) is 6.81. The highest BCUT2D eigenvalue weighted by molar-refractivity contribution is 7.99.